The summed E-state index contributed by atoms with van der Waals surface area (Å²) in [7, 11) is -5.97. The van der Waals surface area contributed by atoms with E-state index in [0.717, 1.165) is 25.6 Å². The molecule has 0 aromatic heterocycles. The quantitative estimate of drug-likeness (QED) is 0.184. The van der Waals surface area contributed by atoms with Crippen molar-refractivity contribution in [2.45, 2.75) is 62.9 Å². The molecule has 0 fully saturated rings. The number of nitrogens with zero attached hydrogens (tertiary/aromatic N) is 2. The number of ether oxygens (including phenoxy) is 1. The summed E-state index contributed by atoms with van der Waals surface area (Å²) in [4.78, 5) is 5.31. The van der Waals surface area contributed by atoms with Gasteiger partial charge in [-0.1, -0.05) is 0 Å². The van der Waals surface area contributed by atoms with Gasteiger partial charge < -0.3 is 0 Å². The molecule has 5 rings (SSSR count). The maximum absolute atomic E-state index is 13.7. The first-order valence-electron chi connectivity index (χ1n) is 14.7. The summed E-state index contributed by atoms with van der Waals surface area (Å²) in [5, 5.41) is 0.0617. The summed E-state index contributed by atoms with van der Waals surface area (Å²) in [6, 6.07) is 34.1. The van der Waals surface area contributed by atoms with Crippen molar-refractivity contribution in [2.24, 2.45) is 8.36 Å². The molecule has 1 aliphatic heterocycles. The summed E-state index contributed by atoms with van der Waals surface area (Å²) < 4.78 is 47.0. The van der Waals surface area contributed by atoms with Crippen LogP contribution in [0.25, 0.3) is 0 Å². The number of hydrogen-bond acceptors (Lipinski definition) is 5. The molecule has 0 bridgehead atoms. The van der Waals surface area contributed by atoms with E-state index in [1.54, 1.807) is 24.3 Å². The fraction of sp³-hybridized carbons (Fsp3) is 0.286. The molecule has 0 aliphatic carbocycles. The Morgan fingerprint density at radius 3 is 2.09 bits per heavy atom. The van der Waals surface area contributed by atoms with E-state index in [1.165, 1.54) is 0 Å². The summed E-state index contributed by atoms with van der Waals surface area (Å²) in [6.07, 6.45) is -0.326. The van der Waals surface area contributed by atoms with Crippen LogP contribution >= 0.6 is 0 Å². The molecule has 0 saturated carbocycles. The Hall–Kier alpha value is -3.20. The molecule has 0 N–H and O–H groups in total. The van der Waals surface area contributed by atoms with Gasteiger partial charge >= 0.3 is 268 Å². The Bertz CT molecular complexity index is 1770. The fourth-order valence-electron chi connectivity index (χ4n) is 4.57. The van der Waals surface area contributed by atoms with Crippen LogP contribution in [0.4, 0.5) is 0 Å². The second kappa shape index (κ2) is 13.0. The molecular weight excluding hydrogens is 652 g/mol. The summed E-state index contributed by atoms with van der Waals surface area (Å²) in [6.45, 7) is 13.5. The molecule has 1 aliphatic rings. The first kappa shape index (κ1) is 32.2. The molecule has 44 heavy (non-hydrogen) atoms. The Balaban J connectivity index is 1.60. The van der Waals surface area contributed by atoms with Crippen LogP contribution in [0.15, 0.2) is 122 Å². The molecule has 0 amide bonds. The van der Waals surface area contributed by atoms with Crippen LogP contribution in [0.3, 0.4) is 0 Å². The number of aliphatic imine (C=N–C) groups is 1. The maximum atomic E-state index is 13.7. The topological polar surface area (TPSA) is 77.3 Å². The number of aryl methyl sites for hydroxylation is 1. The van der Waals surface area contributed by atoms with Crippen molar-refractivity contribution in [3.05, 3.63) is 126 Å². The van der Waals surface area contributed by atoms with Crippen molar-refractivity contribution in [2.75, 3.05) is 6.61 Å². The van der Waals surface area contributed by atoms with Gasteiger partial charge in [0.05, 0.1) is 0 Å². The molecule has 0 saturated heterocycles. The van der Waals surface area contributed by atoms with Crippen LogP contribution < -0.4 is 8.92 Å². The van der Waals surface area contributed by atoms with Gasteiger partial charge in [-0.05, 0) is 0 Å². The zero-order valence-corrected chi connectivity index (χ0v) is 29.6. The van der Waals surface area contributed by atoms with Gasteiger partial charge in [0, 0.05) is 0 Å². The van der Waals surface area contributed by atoms with E-state index < -0.39 is 32.0 Å². The van der Waals surface area contributed by atoms with E-state index in [2.05, 4.69) is 49.4 Å². The Morgan fingerprint density at radius 2 is 1.45 bits per heavy atom. The molecule has 4 aromatic rings. The molecule has 9 heteroatoms. The second-order valence-electron chi connectivity index (χ2n) is 12.5. The third-order valence-corrected chi connectivity index (χ3v) is 19.2. The van der Waals surface area contributed by atoms with Crippen LogP contribution in [-0.4, -0.2) is 49.0 Å². The Labute approximate surface area is 267 Å². The van der Waals surface area contributed by atoms with E-state index in [4.69, 9.17) is 14.2 Å². The normalized spacial score (nSPS) is 18.1. The first-order valence-corrected chi connectivity index (χ1v) is 21.6. The fourth-order valence-corrected chi connectivity index (χ4v) is 11.9. The minimum atomic E-state index is -3.93. The average Bonchev–Trinajstić information content (AvgIpc) is 3.44. The van der Waals surface area contributed by atoms with Gasteiger partial charge in [0.2, 0.25) is 0 Å². The number of rotatable bonds is 9. The van der Waals surface area contributed by atoms with Gasteiger partial charge in [-0.3, -0.25) is 0 Å². The average molecular weight is 692 g/mol. The molecule has 6 nitrogen and oxygen atoms in total. The number of benzene rings is 4. The van der Waals surface area contributed by atoms with Gasteiger partial charge in [0.1, 0.15) is 0 Å². The van der Waals surface area contributed by atoms with Crippen molar-refractivity contribution in [3.8, 4) is 0 Å². The number of sulfonamides is 1. The van der Waals surface area contributed by atoms with Crippen molar-refractivity contribution in [3.63, 3.8) is 0 Å². The Morgan fingerprint density at radius 1 is 0.864 bits per heavy atom. The van der Waals surface area contributed by atoms with Crippen LogP contribution in [0, 0.1) is 6.92 Å². The third kappa shape index (κ3) is 7.19. The first-order chi connectivity index (χ1) is 20.9. The molecule has 0 spiro atoms. The molecule has 230 valence electrons. The third-order valence-electron chi connectivity index (χ3n) is 8.20. The van der Waals surface area contributed by atoms with Crippen LogP contribution in [0.1, 0.15) is 43.6 Å². The monoisotopic (exact) mass is 692 g/mol. The van der Waals surface area contributed by atoms with Gasteiger partial charge in [0.15, 0.2) is 0 Å². The van der Waals surface area contributed by atoms with E-state index in [0.29, 0.717) is 12.5 Å². The summed E-state index contributed by atoms with van der Waals surface area (Å²) in [5.41, 5.74) is 2.77. The summed E-state index contributed by atoms with van der Waals surface area (Å²) in [5.74, 6) is 0.492. The molecular formula is C35H40N2O4SSeSi. The Kier molecular flexibility index (Phi) is 9.54. The zero-order chi connectivity index (χ0) is 31.5. The van der Waals surface area contributed by atoms with Crippen molar-refractivity contribution in [1.82, 2.24) is 0 Å². The minimum absolute atomic E-state index is 0.0617. The summed E-state index contributed by atoms with van der Waals surface area (Å²) >= 11 is -2.49. The van der Waals surface area contributed by atoms with E-state index in [1.807, 2.05) is 79.7 Å². The van der Waals surface area contributed by atoms with Crippen LogP contribution in [-0.2, 0) is 19.2 Å². The molecule has 1 heterocycles. The SMILES string of the molecule is Cc1ccc(S(=O)(=O)/N=[Se](\c2ccccc2)c2ccccc2C2=N[C@@H](CO[Si](C)(C)C(C)(C)C)[C@H](c3ccccc3)O2)cc1. The van der Waals surface area contributed by atoms with Crippen LogP contribution in [0.5, 0.6) is 0 Å². The predicted octanol–water partition coefficient (Wildman–Crippen LogP) is 6.67. The molecule has 0 radical (unpaired) electrons. The second-order valence-corrected chi connectivity index (χ2v) is 22.9. The van der Waals surface area contributed by atoms with Crippen molar-refractivity contribution in [1.29, 1.82) is 0 Å². The molecule has 4 aromatic carbocycles. The van der Waals surface area contributed by atoms with E-state index in [-0.39, 0.29) is 22.1 Å². The van der Waals surface area contributed by atoms with E-state index >= 15 is 0 Å². The van der Waals surface area contributed by atoms with Gasteiger partial charge in [-0.15, -0.1) is 0 Å². The van der Waals surface area contributed by atoms with E-state index in [9.17, 15) is 8.42 Å². The molecule has 1 unspecified atom stereocenters. The van der Waals surface area contributed by atoms with Crippen molar-refractivity contribution < 1.29 is 17.6 Å². The zero-order valence-electron chi connectivity index (χ0n) is 26.1. The van der Waals surface area contributed by atoms with Gasteiger partial charge in [0.25, 0.3) is 0 Å². The van der Waals surface area contributed by atoms with Crippen molar-refractivity contribution >= 4 is 46.9 Å². The standard InChI is InChI=1S/C35H40N2O4SSeSi/c1-26-21-23-28(24-22-26)42(38,39)37-43(29-17-11-8-12-18-29)32-20-14-13-19-30(32)34-36-31(25-40-44(5,6)35(2,3)4)33(41-34)27-15-9-7-10-16-27/h7-24,31,33H,25H2,1-6H3/t31-,33-,43?/m0/s1. The van der Waals surface area contributed by atoms with Gasteiger partial charge in [-0.25, -0.2) is 0 Å². The predicted molar refractivity (Wildman–Crippen MR) is 182 cm³/mol. The van der Waals surface area contributed by atoms with Crippen LogP contribution in [0.2, 0.25) is 18.1 Å². The molecule has 3 atom stereocenters. The van der Waals surface area contributed by atoms with Gasteiger partial charge in [-0.2, -0.15) is 0 Å². The number of hydrogen-bond donors (Lipinski definition) is 0.